The van der Waals surface area contributed by atoms with Gasteiger partial charge in [-0.2, -0.15) is 4.98 Å². The molecule has 21 heavy (non-hydrogen) atoms. The average molecular weight is 320 g/mol. The van der Waals surface area contributed by atoms with E-state index in [1.54, 1.807) is 0 Å². The Morgan fingerprint density at radius 2 is 2.19 bits per heavy atom. The van der Waals surface area contributed by atoms with E-state index >= 15 is 0 Å². The Balaban J connectivity index is 2.07. The number of halogens is 1. The molecule has 0 spiro atoms. The molecule has 1 aromatic rings. The molecule has 1 saturated heterocycles. The predicted molar refractivity (Wildman–Crippen MR) is 74.5 cm³/mol. The SMILES string of the molecule is CCOc1cc(Cl)nc(NC2COC(CO)C(O)C2O)n1. The molecule has 1 aliphatic heterocycles. The maximum atomic E-state index is 10.0. The number of ether oxygens (including phenoxy) is 2. The predicted octanol–water partition coefficient (Wildman–Crippen LogP) is -0.578. The lowest BCUT2D eigenvalue weighted by atomic mass is 9.98. The van der Waals surface area contributed by atoms with Crippen LogP contribution < -0.4 is 10.1 Å². The van der Waals surface area contributed by atoms with E-state index in [9.17, 15) is 10.2 Å². The Bertz CT molecular complexity index is 478. The van der Waals surface area contributed by atoms with E-state index in [2.05, 4.69) is 15.3 Å². The second-order valence-electron chi connectivity index (χ2n) is 4.57. The number of hydrogen-bond donors (Lipinski definition) is 4. The first-order chi connectivity index (χ1) is 10.0. The smallest absolute Gasteiger partial charge is 0.227 e. The van der Waals surface area contributed by atoms with Gasteiger partial charge in [0.1, 0.15) is 23.5 Å². The number of anilines is 1. The molecule has 1 aliphatic rings. The van der Waals surface area contributed by atoms with Crippen LogP contribution >= 0.6 is 11.6 Å². The maximum absolute atomic E-state index is 10.0. The summed E-state index contributed by atoms with van der Waals surface area (Å²) in [5.41, 5.74) is 0. The van der Waals surface area contributed by atoms with Crippen LogP contribution in [0.2, 0.25) is 5.15 Å². The summed E-state index contributed by atoms with van der Waals surface area (Å²) >= 11 is 5.87. The lowest BCUT2D eigenvalue weighted by molar-refractivity contribution is -0.152. The molecule has 0 radical (unpaired) electrons. The molecule has 4 N–H and O–H groups in total. The van der Waals surface area contributed by atoms with Gasteiger partial charge in [-0.05, 0) is 6.92 Å². The van der Waals surface area contributed by atoms with Crippen molar-refractivity contribution in [1.82, 2.24) is 9.97 Å². The lowest BCUT2D eigenvalue weighted by Crippen LogP contribution is -2.56. The van der Waals surface area contributed by atoms with Crippen LogP contribution in [0, 0.1) is 0 Å². The van der Waals surface area contributed by atoms with Gasteiger partial charge in [0, 0.05) is 6.07 Å². The van der Waals surface area contributed by atoms with Crippen LogP contribution in [0.3, 0.4) is 0 Å². The van der Waals surface area contributed by atoms with E-state index in [1.807, 2.05) is 6.92 Å². The highest BCUT2D eigenvalue weighted by Crippen LogP contribution is 2.21. The minimum Gasteiger partial charge on any atom is -0.478 e. The number of aliphatic hydroxyl groups excluding tert-OH is 3. The van der Waals surface area contributed by atoms with E-state index < -0.39 is 24.4 Å². The Morgan fingerprint density at radius 3 is 2.86 bits per heavy atom. The summed E-state index contributed by atoms with van der Waals surface area (Å²) in [6.45, 7) is 1.96. The van der Waals surface area contributed by atoms with Gasteiger partial charge in [0.2, 0.25) is 11.8 Å². The molecule has 0 bridgehead atoms. The van der Waals surface area contributed by atoms with Gasteiger partial charge in [-0.25, -0.2) is 4.98 Å². The van der Waals surface area contributed by atoms with Crippen molar-refractivity contribution >= 4 is 17.5 Å². The molecule has 1 fully saturated rings. The van der Waals surface area contributed by atoms with Gasteiger partial charge in [0.15, 0.2) is 0 Å². The second kappa shape index (κ2) is 7.19. The molecule has 0 aliphatic carbocycles. The third kappa shape index (κ3) is 3.92. The molecular weight excluding hydrogens is 302 g/mol. The largest absolute Gasteiger partial charge is 0.478 e. The monoisotopic (exact) mass is 319 g/mol. The van der Waals surface area contributed by atoms with Crippen LogP contribution in [0.5, 0.6) is 5.88 Å². The highest BCUT2D eigenvalue weighted by atomic mass is 35.5. The fourth-order valence-electron chi connectivity index (χ4n) is 2.02. The Kier molecular flexibility index (Phi) is 5.54. The molecule has 4 atom stereocenters. The van der Waals surface area contributed by atoms with Crippen molar-refractivity contribution in [2.24, 2.45) is 0 Å². The van der Waals surface area contributed by atoms with Crippen LogP contribution in [0.4, 0.5) is 5.95 Å². The van der Waals surface area contributed by atoms with Gasteiger partial charge in [-0.3, -0.25) is 0 Å². The number of hydrogen-bond acceptors (Lipinski definition) is 8. The topological polar surface area (TPSA) is 117 Å². The zero-order chi connectivity index (χ0) is 15.4. The molecule has 8 nitrogen and oxygen atoms in total. The van der Waals surface area contributed by atoms with Crippen molar-refractivity contribution < 1.29 is 24.8 Å². The highest BCUT2D eigenvalue weighted by molar-refractivity contribution is 6.29. The van der Waals surface area contributed by atoms with Crippen molar-refractivity contribution in [1.29, 1.82) is 0 Å². The van der Waals surface area contributed by atoms with E-state index in [0.717, 1.165) is 0 Å². The van der Waals surface area contributed by atoms with Gasteiger partial charge in [-0.1, -0.05) is 11.6 Å². The third-order valence-electron chi connectivity index (χ3n) is 3.09. The number of rotatable bonds is 5. The molecule has 0 amide bonds. The van der Waals surface area contributed by atoms with Crippen LogP contribution in [-0.4, -0.2) is 69.5 Å². The van der Waals surface area contributed by atoms with Crippen molar-refractivity contribution in [2.75, 3.05) is 25.1 Å². The first-order valence-corrected chi connectivity index (χ1v) is 6.95. The molecule has 2 rings (SSSR count). The zero-order valence-electron chi connectivity index (χ0n) is 11.4. The highest BCUT2D eigenvalue weighted by Gasteiger charge is 2.38. The normalized spacial score (nSPS) is 29.2. The summed E-state index contributed by atoms with van der Waals surface area (Å²) in [7, 11) is 0. The molecule has 9 heteroatoms. The summed E-state index contributed by atoms with van der Waals surface area (Å²) in [5.74, 6) is 0.466. The molecule has 0 saturated carbocycles. The van der Waals surface area contributed by atoms with Gasteiger partial charge in [0.25, 0.3) is 0 Å². The minimum absolute atomic E-state index is 0.0866. The standard InChI is InChI=1S/C12H18ClN3O5/c1-2-20-9-3-8(13)15-12(16-9)14-6-5-21-7(4-17)11(19)10(6)18/h3,6-7,10-11,17-19H,2,4-5H2,1H3,(H,14,15,16). The molecule has 0 aromatic carbocycles. The first-order valence-electron chi connectivity index (χ1n) is 6.57. The fourth-order valence-corrected chi connectivity index (χ4v) is 2.19. The fraction of sp³-hybridized carbons (Fsp3) is 0.667. The average Bonchev–Trinajstić information content (AvgIpc) is 2.44. The number of nitrogens with zero attached hydrogens (tertiary/aromatic N) is 2. The third-order valence-corrected chi connectivity index (χ3v) is 3.28. The number of nitrogens with one attached hydrogen (secondary N) is 1. The Hall–Kier alpha value is -1.19. The molecule has 4 unspecified atom stereocenters. The summed E-state index contributed by atoms with van der Waals surface area (Å²) in [6, 6.07) is 0.844. The van der Waals surface area contributed by atoms with E-state index in [-0.39, 0.29) is 24.3 Å². The lowest BCUT2D eigenvalue weighted by Gasteiger charge is -2.37. The molecule has 1 aromatic heterocycles. The van der Waals surface area contributed by atoms with Gasteiger partial charge >= 0.3 is 0 Å². The summed E-state index contributed by atoms with van der Waals surface area (Å²) in [5, 5.41) is 31.9. The number of aromatic nitrogens is 2. The van der Waals surface area contributed by atoms with Gasteiger partial charge < -0.3 is 30.1 Å². The van der Waals surface area contributed by atoms with E-state index in [4.69, 9.17) is 26.2 Å². The summed E-state index contributed by atoms with van der Waals surface area (Å²) < 4.78 is 10.5. The molecule has 118 valence electrons. The summed E-state index contributed by atoms with van der Waals surface area (Å²) in [4.78, 5) is 8.06. The van der Waals surface area contributed by atoms with Crippen LogP contribution in [0.15, 0.2) is 6.07 Å². The van der Waals surface area contributed by atoms with Gasteiger partial charge in [0.05, 0.1) is 25.9 Å². The second-order valence-corrected chi connectivity index (χ2v) is 4.96. The minimum atomic E-state index is -1.20. The summed E-state index contributed by atoms with van der Waals surface area (Å²) in [6.07, 6.45) is -3.14. The quantitative estimate of drug-likeness (QED) is 0.533. The van der Waals surface area contributed by atoms with Crippen molar-refractivity contribution in [3.63, 3.8) is 0 Å². The van der Waals surface area contributed by atoms with Crippen LogP contribution in [-0.2, 0) is 4.74 Å². The Labute approximate surface area is 126 Å². The van der Waals surface area contributed by atoms with Crippen LogP contribution in [0.25, 0.3) is 0 Å². The van der Waals surface area contributed by atoms with E-state index in [1.165, 1.54) is 6.07 Å². The maximum Gasteiger partial charge on any atom is 0.227 e. The number of aliphatic hydroxyl groups is 3. The van der Waals surface area contributed by atoms with Crippen molar-refractivity contribution in [3.05, 3.63) is 11.2 Å². The Morgan fingerprint density at radius 1 is 1.43 bits per heavy atom. The van der Waals surface area contributed by atoms with Crippen molar-refractivity contribution in [2.45, 2.75) is 31.3 Å². The van der Waals surface area contributed by atoms with Crippen molar-refractivity contribution in [3.8, 4) is 5.88 Å². The van der Waals surface area contributed by atoms with Gasteiger partial charge in [-0.15, -0.1) is 0 Å². The molecular formula is C12H18ClN3O5. The zero-order valence-corrected chi connectivity index (χ0v) is 12.2. The van der Waals surface area contributed by atoms with Crippen LogP contribution in [0.1, 0.15) is 6.92 Å². The first kappa shape index (κ1) is 16.2. The molecule has 2 heterocycles. The van der Waals surface area contributed by atoms with E-state index in [0.29, 0.717) is 12.5 Å².